The molecule has 2 aromatic carbocycles. The average Bonchev–Trinajstić information content (AvgIpc) is 2.75. The lowest BCUT2D eigenvalue weighted by atomic mass is 10.2. The Morgan fingerprint density at radius 3 is 1.61 bits per heavy atom. The number of hydrogen-bond acceptors (Lipinski definition) is 3. The molecule has 0 aliphatic rings. The molecule has 0 radical (unpaired) electrons. The first-order valence-electron chi connectivity index (χ1n) is 9.72. The van der Waals surface area contributed by atoms with E-state index in [0.717, 1.165) is 16.7 Å². The van der Waals surface area contributed by atoms with Crippen molar-refractivity contribution in [1.29, 1.82) is 0 Å². The van der Waals surface area contributed by atoms with Gasteiger partial charge in [0.2, 0.25) is 0 Å². The van der Waals surface area contributed by atoms with Crippen LogP contribution >= 0.6 is 0 Å². The predicted octanol–water partition coefficient (Wildman–Crippen LogP) is 4.32. The van der Waals surface area contributed by atoms with Gasteiger partial charge in [-0.1, -0.05) is 74.2 Å². The van der Waals surface area contributed by atoms with Gasteiger partial charge in [0.15, 0.2) is 0 Å². The molecule has 0 unspecified atom stereocenters. The normalized spacial score (nSPS) is 9.84. The van der Waals surface area contributed by atoms with Crippen LogP contribution in [0.2, 0.25) is 0 Å². The molecule has 2 heterocycles. The van der Waals surface area contributed by atoms with Gasteiger partial charge >= 0.3 is 0 Å². The number of aromatic nitrogens is 2. The summed E-state index contributed by atoms with van der Waals surface area (Å²) < 4.78 is 3.33. The highest BCUT2D eigenvalue weighted by molar-refractivity contribution is 5.33. The van der Waals surface area contributed by atoms with Gasteiger partial charge in [-0.05, 0) is 29.7 Å². The standard InChI is InChI=1S/C13H13NO.C12H12N2O.CH4/c1-11-7-8-13(15)14(9-11)10-12-5-3-2-4-6-12;13-11-6-7-12(15)14(9-11)8-10-4-2-1-3-5-10;/h2-9H,10H2,1H3;1-7,9H,8,13H2;1H4. The minimum atomic E-state index is -0.0342. The summed E-state index contributed by atoms with van der Waals surface area (Å²) in [5.41, 5.74) is 9.57. The van der Waals surface area contributed by atoms with Crippen molar-refractivity contribution in [1.82, 2.24) is 9.13 Å². The zero-order chi connectivity index (χ0) is 21.3. The summed E-state index contributed by atoms with van der Waals surface area (Å²) in [5, 5.41) is 0. The smallest absolute Gasteiger partial charge is 0.250 e. The zero-order valence-corrected chi connectivity index (χ0v) is 16.9. The molecular weight excluding hydrogens is 386 g/mol. The Bertz CT molecular complexity index is 1100. The first-order valence-corrected chi connectivity index (χ1v) is 9.72. The lowest BCUT2D eigenvalue weighted by molar-refractivity contribution is 0.754. The summed E-state index contributed by atoms with van der Waals surface area (Å²) in [4.78, 5) is 23.0. The van der Waals surface area contributed by atoms with E-state index in [9.17, 15) is 9.59 Å². The maximum Gasteiger partial charge on any atom is 0.250 e. The second kappa shape index (κ2) is 11.4. The maximum atomic E-state index is 11.5. The number of benzene rings is 2. The van der Waals surface area contributed by atoms with Crippen LogP contribution in [0, 0.1) is 6.92 Å². The van der Waals surface area contributed by atoms with Gasteiger partial charge in [0.05, 0.1) is 13.1 Å². The molecule has 5 heteroatoms. The van der Waals surface area contributed by atoms with Crippen LogP contribution in [0.15, 0.2) is 107 Å². The van der Waals surface area contributed by atoms with Crippen molar-refractivity contribution < 1.29 is 0 Å². The number of hydrogen-bond donors (Lipinski definition) is 1. The van der Waals surface area contributed by atoms with E-state index in [1.165, 1.54) is 6.07 Å². The second-order valence-corrected chi connectivity index (χ2v) is 7.07. The van der Waals surface area contributed by atoms with E-state index in [1.807, 2.05) is 79.9 Å². The number of anilines is 1. The van der Waals surface area contributed by atoms with Crippen molar-refractivity contribution >= 4 is 5.69 Å². The molecule has 2 N–H and O–H groups in total. The molecule has 0 spiro atoms. The van der Waals surface area contributed by atoms with Crippen molar-refractivity contribution in [2.45, 2.75) is 27.4 Å². The number of nitrogens with two attached hydrogens (primary N) is 1. The highest BCUT2D eigenvalue weighted by atomic mass is 16.1. The third-order valence-electron chi connectivity index (χ3n) is 4.53. The van der Waals surface area contributed by atoms with Crippen LogP contribution in [0.4, 0.5) is 5.69 Å². The number of nitrogens with zero attached hydrogens (tertiary/aromatic N) is 2. The summed E-state index contributed by atoms with van der Waals surface area (Å²) in [6.45, 7) is 3.19. The number of pyridine rings is 2. The molecular formula is C26H29N3O2. The first-order chi connectivity index (χ1) is 14.5. The Balaban J connectivity index is 0.000000213. The van der Waals surface area contributed by atoms with Gasteiger partial charge in [-0.25, -0.2) is 0 Å². The Labute approximate surface area is 183 Å². The minimum absolute atomic E-state index is 0. The van der Waals surface area contributed by atoms with Crippen molar-refractivity contribution in [2.24, 2.45) is 0 Å². The van der Waals surface area contributed by atoms with E-state index < -0.39 is 0 Å². The van der Waals surface area contributed by atoms with E-state index in [4.69, 9.17) is 5.73 Å². The summed E-state index contributed by atoms with van der Waals surface area (Å²) in [6.07, 6.45) is 3.55. The number of nitrogen functional groups attached to an aromatic ring is 1. The van der Waals surface area contributed by atoms with Crippen LogP contribution in [-0.2, 0) is 13.1 Å². The van der Waals surface area contributed by atoms with E-state index in [1.54, 1.807) is 27.5 Å². The molecule has 0 amide bonds. The summed E-state index contributed by atoms with van der Waals surface area (Å²) in [6, 6.07) is 26.3. The number of aryl methyl sites for hydroxylation is 1. The van der Waals surface area contributed by atoms with Crippen LogP contribution in [0.25, 0.3) is 0 Å². The Kier molecular flexibility index (Phi) is 8.58. The van der Waals surface area contributed by atoms with E-state index in [-0.39, 0.29) is 18.5 Å². The summed E-state index contributed by atoms with van der Waals surface area (Å²) >= 11 is 0. The molecule has 0 bridgehead atoms. The molecule has 31 heavy (non-hydrogen) atoms. The fourth-order valence-corrected chi connectivity index (χ4v) is 3.01. The molecule has 0 fully saturated rings. The van der Waals surface area contributed by atoms with Crippen molar-refractivity contribution in [3.63, 3.8) is 0 Å². The summed E-state index contributed by atoms with van der Waals surface area (Å²) in [5.74, 6) is 0. The molecule has 0 saturated heterocycles. The van der Waals surface area contributed by atoms with Gasteiger partial charge in [0.25, 0.3) is 11.1 Å². The van der Waals surface area contributed by atoms with Crippen molar-refractivity contribution in [3.8, 4) is 0 Å². The third-order valence-corrected chi connectivity index (χ3v) is 4.53. The molecule has 0 atom stereocenters. The van der Waals surface area contributed by atoms with Crippen molar-refractivity contribution in [3.05, 3.63) is 135 Å². The second-order valence-electron chi connectivity index (χ2n) is 7.07. The van der Waals surface area contributed by atoms with E-state index >= 15 is 0 Å². The molecule has 0 aliphatic heterocycles. The van der Waals surface area contributed by atoms with E-state index in [0.29, 0.717) is 18.8 Å². The highest BCUT2D eigenvalue weighted by Gasteiger charge is 1.98. The fraction of sp³-hybridized carbons (Fsp3) is 0.154. The molecule has 4 aromatic rings. The maximum absolute atomic E-state index is 11.5. The number of rotatable bonds is 4. The first kappa shape index (κ1) is 23.4. The average molecular weight is 416 g/mol. The monoisotopic (exact) mass is 415 g/mol. The van der Waals surface area contributed by atoms with Gasteiger partial charge in [-0.2, -0.15) is 0 Å². The van der Waals surface area contributed by atoms with Crippen LogP contribution in [-0.4, -0.2) is 9.13 Å². The van der Waals surface area contributed by atoms with Gasteiger partial charge in [-0.3, -0.25) is 9.59 Å². The van der Waals surface area contributed by atoms with Crippen LogP contribution in [0.1, 0.15) is 24.1 Å². The van der Waals surface area contributed by atoms with Gasteiger partial charge < -0.3 is 14.9 Å². The largest absolute Gasteiger partial charge is 0.398 e. The summed E-state index contributed by atoms with van der Waals surface area (Å²) in [7, 11) is 0. The Morgan fingerprint density at radius 1 is 0.645 bits per heavy atom. The van der Waals surface area contributed by atoms with Crippen LogP contribution in [0.5, 0.6) is 0 Å². The van der Waals surface area contributed by atoms with Crippen molar-refractivity contribution in [2.75, 3.05) is 5.73 Å². The molecule has 0 saturated carbocycles. The fourth-order valence-electron chi connectivity index (χ4n) is 3.01. The van der Waals surface area contributed by atoms with Gasteiger partial charge in [0, 0.05) is 30.2 Å². The van der Waals surface area contributed by atoms with Crippen LogP contribution in [0.3, 0.4) is 0 Å². The SMILES string of the molecule is C.Cc1ccc(=O)n(Cc2ccccc2)c1.Nc1ccc(=O)n(Cc2ccccc2)c1. The highest BCUT2D eigenvalue weighted by Crippen LogP contribution is 2.03. The zero-order valence-electron chi connectivity index (χ0n) is 16.9. The molecule has 5 nitrogen and oxygen atoms in total. The predicted molar refractivity (Wildman–Crippen MR) is 128 cm³/mol. The lowest BCUT2D eigenvalue weighted by Crippen LogP contribution is -2.19. The quantitative estimate of drug-likeness (QED) is 0.540. The topological polar surface area (TPSA) is 70.0 Å². The molecule has 2 aromatic heterocycles. The molecule has 4 rings (SSSR count). The van der Waals surface area contributed by atoms with Gasteiger partial charge in [0.1, 0.15) is 0 Å². The van der Waals surface area contributed by atoms with E-state index in [2.05, 4.69) is 0 Å². The van der Waals surface area contributed by atoms with Gasteiger partial charge in [-0.15, -0.1) is 0 Å². The third kappa shape index (κ3) is 7.16. The molecule has 160 valence electrons. The minimum Gasteiger partial charge on any atom is -0.398 e. The Hall–Kier alpha value is -3.86. The van der Waals surface area contributed by atoms with Crippen LogP contribution < -0.4 is 16.9 Å². The lowest BCUT2D eigenvalue weighted by Gasteiger charge is -2.06. The Morgan fingerprint density at radius 2 is 1.10 bits per heavy atom. The molecule has 0 aliphatic carbocycles.